The smallest absolute Gasteiger partial charge is 0.353 e. The first-order valence-electron chi connectivity index (χ1n) is 8.70. The molecule has 0 saturated carbocycles. The monoisotopic (exact) mass is 387 g/mol. The minimum atomic E-state index is -4.61. The Balaban J connectivity index is 1.45. The summed E-state index contributed by atoms with van der Waals surface area (Å²) in [4.78, 5) is 4.19. The van der Waals surface area contributed by atoms with E-state index >= 15 is 0 Å². The Morgan fingerprint density at radius 2 is 1.82 bits per heavy atom. The van der Waals surface area contributed by atoms with Crippen molar-refractivity contribution in [3.63, 3.8) is 0 Å². The van der Waals surface area contributed by atoms with Crippen molar-refractivity contribution in [2.24, 2.45) is 0 Å². The van der Waals surface area contributed by atoms with Crippen molar-refractivity contribution < 1.29 is 13.2 Å². The second-order valence-electron chi connectivity index (χ2n) is 6.56. The van der Waals surface area contributed by atoms with Gasteiger partial charge in [0.05, 0.1) is 11.6 Å². The van der Waals surface area contributed by atoms with Crippen LogP contribution in [-0.4, -0.2) is 50.9 Å². The Morgan fingerprint density at radius 3 is 2.54 bits per heavy atom. The molecule has 1 aliphatic rings. The average Bonchev–Trinajstić information content (AvgIpc) is 3.12. The van der Waals surface area contributed by atoms with E-state index in [2.05, 4.69) is 26.3 Å². The van der Waals surface area contributed by atoms with Gasteiger partial charge in [-0.2, -0.15) is 22.9 Å². The van der Waals surface area contributed by atoms with Crippen LogP contribution in [-0.2, 0) is 12.7 Å². The zero-order valence-corrected chi connectivity index (χ0v) is 14.8. The molecule has 10 heteroatoms. The first-order chi connectivity index (χ1) is 13.4. The van der Waals surface area contributed by atoms with Gasteiger partial charge >= 0.3 is 6.18 Å². The number of nitriles is 1. The average molecular weight is 387 g/mol. The quantitative estimate of drug-likeness (QED) is 0.687. The van der Waals surface area contributed by atoms with E-state index in [9.17, 15) is 13.2 Å². The molecule has 3 aromatic rings. The molecule has 0 amide bonds. The highest BCUT2D eigenvalue weighted by Crippen LogP contribution is 2.28. The third-order valence-electron chi connectivity index (χ3n) is 4.66. The molecule has 0 bridgehead atoms. The lowest BCUT2D eigenvalue weighted by atomic mass is 10.1. The van der Waals surface area contributed by atoms with Crippen LogP contribution in [0.5, 0.6) is 0 Å². The summed E-state index contributed by atoms with van der Waals surface area (Å²) in [5.41, 5.74) is 1.75. The molecule has 3 heterocycles. The Morgan fingerprint density at radius 1 is 1.04 bits per heavy atom. The topological polar surface area (TPSA) is 73.4 Å². The zero-order chi connectivity index (χ0) is 19.7. The maximum Gasteiger partial charge on any atom is 0.453 e. The predicted octanol–water partition coefficient (Wildman–Crippen LogP) is 2.34. The van der Waals surface area contributed by atoms with Crippen molar-refractivity contribution in [3.8, 4) is 6.07 Å². The number of anilines is 1. The fourth-order valence-electron chi connectivity index (χ4n) is 3.26. The van der Waals surface area contributed by atoms with Crippen LogP contribution in [0.1, 0.15) is 17.0 Å². The number of alkyl halides is 3. The molecule has 1 aromatic carbocycles. The van der Waals surface area contributed by atoms with Gasteiger partial charge in [-0.05, 0) is 29.8 Å². The van der Waals surface area contributed by atoms with Crippen molar-refractivity contribution >= 4 is 11.5 Å². The molecule has 0 aliphatic carbocycles. The molecule has 1 fully saturated rings. The first kappa shape index (κ1) is 18.2. The van der Waals surface area contributed by atoms with E-state index < -0.39 is 12.0 Å². The standard InChI is InChI=1S/C18H16F3N7/c19-18(20,21)17-24-23-15-4-5-16(25-28(15)17)27-8-6-26(7-9-27)12-14-3-1-2-13(10-14)11-22/h1-5,10H,6-9,12H2. The van der Waals surface area contributed by atoms with Gasteiger partial charge in [0.2, 0.25) is 0 Å². The van der Waals surface area contributed by atoms with Crippen molar-refractivity contribution in [3.05, 3.63) is 53.3 Å². The number of halogens is 3. The van der Waals surface area contributed by atoms with Crippen molar-refractivity contribution in [1.82, 2.24) is 24.7 Å². The lowest BCUT2D eigenvalue weighted by Crippen LogP contribution is -2.46. The summed E-state index contributed by atoms with van der Waals surface area (Å²) in [5.74, 6) is -0.663. The largest absolute Gasteiger partial charge is 0.453 e. The summed E-state index contributed by atoms with van der Waals surface area (Å²) in [7, 11) is 0. The van der Waals surface area contributed by atoms with Crippen LogP contribution in [0.25, 0.3) is 5.65 Å². The van der Waals surface area contributed by atoms with Gasteiger partial charge in [0, 0.05) is 32.7 Å². The molecule has 0 N–H and O–H groups in total. The number of hydrogen-bond donors (Lipinski definition) is 0. The van der Waals surface area contributed by atoms with Gasteiger partial charge in [0.1, 0.15) is 5.82 Å². The molecular weight excluding hydrogens is 371 g/mol. The second-order valence-corrected chi connectivity index (χ2v) is 6.56. The van der Waals surface area contributed by atoms with Crippen molar-refractivity contribution in [2.45, 2.75) is 12.7 Å². The minimum absolute atomic E-state index is 0.0621. The minimum Gasteiger partial charge on any atom is -0.353 e. The van der Waals surface area contributed by atoms with Crippen LogP contribution in [0.4, 0.5) is 19.0 Å². The highest BCUT2D eigenvalue weighted by atomic mass is 19.4. The van der Waals surface area contributed by atoms with E-state index in [1.165, 1.54) is 6.07 Å². The molecule has 2 aromatic heterocycles. The summed E-state index contributed by atoms with van der Waals surface area (Å²) in [6.45, 7) is 3.48. The summed E-state index contributed by atoms with van der Waals surface area (Å²) < 4.78 is 39.8. The van der Waals surface area contributed by atoms with Gasteiger partial charge in [-0.15, -0.1) is 15.3 Å². The number of rotatable bonds is 3. The van der Waals surface area contributed by atoms with Gasteiger partial charge in [-0.25, -0.2) is 0 Å². The van der Waals surface area contributed by atoms with Crippen LogP contribution >= 0.6 is 0 Å². The highest BCUT2D eigenvalue weighted by molar-refractivity contribution is 5.46. The maximum atomic E-state index is 13.0. The second kappa shape index (κ2) is 7.09. The normalized spacial score (nSPS) is 15.7. The molecule has 144 valence electrons. The number of fused-ring (bicyclic) bond motifs is 1. The van der Waals surface area contributed by atoms with Crippen LogP contribution in [0.3, 0.4) is 0 Å². The molecule has 28 heavy (non-hydrogen) atoms. The Hall–Kier alpha value is -3.19. The number of benzene rings is 1. The van der Waals surface area contributed by atoms with Gasteiger partial charge < -0.3 is 4.90 Å². The number of piperazine rings is 1. The lowest BCUT2D eigenvalue weighted by Gasteiger charge is -2.35. The van der Waals surface area contributed by atoms with E-state index in [0.717, 1.165) is 29.7 Å². The van der Waals surface area contributed by atoms with Gasteiger partial charge in [-0.3, -0.25) is 4.90 Å². The van der Waals surface area contributed by atoms with E-state index in [0.29, 0.717) is 24.5 Å². The SMILES string of the molecule is N#Cc1cccc(CN2CCN(c3ccc4nnc(C(F)(F)F)n4n3)CC2)c1. The molecular formula is C18H16F3N7. The maximum absolute atomic E-state index is 13.0. The first-order valence-corrected chi connectivity index (χ1v) is 8.70. The third kappa shape index (κ3) is 3.61. The molecule has 0 radical (unpaired) electrons. The van der Waals surface area contributed by atoms with Crippen LogP contribution in [0.2, 0.25) is 0 Å². The summed E-state index contributed by atoms with van der Waals surface area (Å²) in [5, 5.41) is 19.8. The van der Waals surface area contributed by atoms with E-state index in [4.69, 9.17) is 5.26 Å². The molecule has 1 saturated heterocycles. The van der Waals surface area contributed by atoms with Gasteiger partial charge in [0.25, 0.3) is 5.82 Å². The van der Waals surface area contributed by atoms with Crippen LogP contribution < -0.4 is 4.90 Å². The fourth-order valence-corrected chi connectivity index (χ4v) is 3.26. The van der Waals surface area contributed by atoms with Crippen LogP contribution in [0, 0.1) is 11.3 Å². The fraction of sp³-hybridized carbons (Fsp3) is 0.333. The number of aromatic nitrogens is 4. The Bertz CT molecular complexity index is 1030. The summed E-state index contributed by atoms with van der Waals surface area (Å²) in [6.07, 6.45) is -4.61. The van der Waals surface area contributed by atoms with Crippen molar-refractivity contribution in [1.29, 1.82) is 5.26 Å². The van der Waals surface area contributed by atoms with Crippen LogP contribution in [0.15, 0.2) is 36.4 Å². The number of nitrogens with zero attached hydrogens (tertiary/aromatic N) is 7. The third-order valence-corrected chi connectivity index (χ3v) is 4.66. The molecule has 7 nitrogen and oxygen atoms in total. The Labute approximate surface area is 158 Å². The van der Waals surface area contributed by atoms with Gasteiger partial charge in [-0.1, -0.05) is 12.1 Å². The summed E-state index contributed by atoms with van der Waals surface area (Å²) >= 11 is 0. The molecule has 0 spiro atoms. The zero-order valence-electron chi connectivity index (χ0n) is 14.8. The van der Waals surface area contributed by atoms with E-state index in [1.807, 2.05) is 23.1 Å². The molecule has 1 aliphatic heterocycles. The van der Waals surface area contributed by atoms with Gasteiger partial charge in [0.15, 0.2) is 5.65 Å². The summed E-state index contributed by atoms with van der Waals surface area (Å²) in [6, 6.07) is 12.8. The molecule has 4 rings (SSSR count). The lowest BCUT2D eigenvalue weighted by molar-refractivity contribution is -0.146. The number of hydrogen-bond acceptors (Lipinski definition) is 6. The molecule has 0 atom stereocenters. The van der Waals surface area contributed by atoms with E-state index in [1.54, 1.807) is 12.1 Å². The van der Waals surface area contributed by atoms with E-state index in [-0.39, 0.29) is 5.65 Å². The Kier molecular flexibility index (Phi) is 4.60. The molecule has 0 unspecified atom stereocenters. The predicted molar refractivity (Wildman–Crippen MR) is 94.4 cm³/mol. The highest BCUT2D eigenvalue weighted by Gasteiger charge is 2.37. The van der Waals surface area contributed by atoms with Crippen molar-refractivity contribution in [2.75, 3.05) is 31.1 Å².